The highest BCUT2D eigenvalue weighted by Crippen LogP contribution is 2.30. The zero-order valence-electron chi connectivity index (χ0n) is 18.7. The number of hydrogen-bond acceptors (Lipinski definition) is 5. The van der Waals surface area contributed by atoms with Gasteiger partial charge in [0.2, 0.25) is 0 Å². The summed E-state index contributed by atoms with van der Waals surface area (Å²) in [5.74, 6) is -0.451. The number of carbonyl (C=O) groups excluding carboxylic acids is 2. The molecule has 0 saturated carbocycles. The maximum atomic E-state index is 13.0. The van der Waals surface area contributed by atoms with E-state index in [-0.39, 0.29) is 36.1 Å². The lowest BCUT2D eigenvalue weighted by Gasteiger charge is -2.19. The summed E-state index contributed by atoms with van der Waals surface area (Å²) in [6.45, 7) is -2.71. The Kier molecular flexibility index (Phi) is 8.02. The third-order valence-electron chi connectivity index (χ3n) is 4.93. The van der Waals surface area contributed by atoms with Crippen LogP contribution in [0.15, 0.2) is 66.7 Å². The number of rotatable bonds is 10. The lowest BCUT2D eigenvalue weighted by molar-refractivity contribution is -0.0512. The number of ether oxygens (including phenoxy) is 3. The van der Waals surface area contributed by atoms with Crippen molar-refractivity contribution in [2.45, 2.75) is 19.8 Å². The van der Waals surface area contributed by atoms with E-state index in [0.29, 0.717) is 16.9 Å². The topological polar surface area (TPSA) is 91.1 Å². The number of hydrogen-bond donors (Lipinski definition) is 1. The third-order valence-corrected chi connectivity index (χ3v) is 4.93. The van der Waals surface area contributed by atoms with E-state index in [1.165, 1.54) is 24.1 Å². The van der Waals surface area contributed by atoms with Crippen molar-refractivity contribution in [2.75, 3.05) is 14.2 Å². The van der Waals surface area contributed by atoms with E-state index in [0.717, 1.165) is 5.56 Å². The Hall–Kier alpha value is -4.14. The minimum Gasteiger partial charge on any atom is -0.493 e. The molecule has 0 atom stereocenters. The van der Waals surface area contributed by atoms with Gasteiger partial charge < -0.3 is 24.8 Å². The molecule has 0 aliphatic heterocycles. The van der Waals surface area contributed by atoms with Gasteiger partial charge in [0.1, 0.15) is 12.4 Å². The molecule has 0 saturated heterocycles. The number of primary amides is 1. The summed E-state index contributed by atoms with van der Waals surface area (Å²) >= 11 is 0. The second kappa shape index (κ2) is 11.1. The van der Waals surface area contributed by atoms with E-state index in [1.54, 1.807) is 61.6 Å². The summed E-state index contributed by atoms with van der Waals surface area (Å²) in [4.78, 5) is 26.0. The molecule has 9 heteroatoms. The molecule has 0 bridgehead atoms. The summed E-state index contributed by atoms with van der Waals surface area (Å²) in [6, 6.07) is 18.1. The van der Waals surface area contributed by atoms with Crippen molar-refractivity contribution in [2.24, 2.45) is 5.73 Å². The molecule has 0 aliphatic rings. The van der Waals surface area contributed by atoms with E-state index < -0.39 is 12.5 Å². The quantitative estimate of drug-likeness (QED) is 0.479. The van der Waals surface area contributed by atoms with Gasteiger partial charge in [-0.25, -0.2) is 0 Å². The van der Waals surface area contributed by atoms with Gasteiger partial charge in [0.15, 0.2) is 11.5 Å². The van der Waals surface area contributed by atoms with Gasteiger partial charge in [0.05, 0.1) is 12.7 Å². The molecular weight excluding hydrogens is 446 g/mol. The van der Waals surface area contributed by atoms with Crippen molar-refractivity contribution in [1.82, 2.24) is 4.90 Å². The molecule has 0 unspecified atom stereocenters. The Morgan fingerprint density at radius 1 is 0.941 bits per heavy atom. The van der Waals surface area contributed by atoms with Crippen LogP contribution in [0, 0.1) is 0 Å². The predicted molar refractivity (Wildman–Crippen MR) is 121 cm³/mol. The second-order valence-electron chi connectivity index (χ2n) is 7.37. The average molecular weight is 470 g/mol. The van der Waals surface area contributed by atoms with Crippen molar-refractivity contribution < 1.29 is 32.6 Å². The Balaban J connectivity index is 1.69. The number of nitrogens with two attached hydrogens (primary N) is 1. The minimum atomic E-state index is -3.00. The van der Waals surface area contributed by atoms with Crippen LogP contribution in [0.5, 0.6) is 17.2 Å². The predicted octanol–water partition coefficient (Wildman–Crippen LogP) is 4.25. The standard InChI is InChI=1S/C25H24F2N2O5/c1-29(14-16-10-11-21(32-2)22(13-16)34-25(26)27)24(31)18-7-5-6-17(12-18)15-33-20-9-4-3-8-19(20)23(28)30/h3-13,25H,14-15H2,1-2H3,(H2,28,30). The molecule has 0 radical (unpaired) electrons. The zero-order valence-corrected chi connectivity index (χ0v) is 18.7. The number of halogens is 2. The first-order valence-electron chi connectivity index (χ1n) is 10.3. The van der Waals surface area contributed by atoms with E-state index in [2.05, 4.69) is 4.74 Å². The number of benzene rings is 3. The molecule has 3 rings (SSSR count). The van der Waals surface area contributed by atoms with Crippen LogP contribution >= 0.6 is 0 Å². The van der Waals surface area contributed by atoms with Crippen LogP contribution < -0.4 is 19.9 Å². The summed E-state index contributed by atoms with van der Waals surface area (Å²) < 4.78 is 40.6. The summed E-state index contributed by atoms with van der Waals surface area (Å²) in [7, 11) is 2.96. The lowest BCUT2D eigenvalue weighted by atomic mass is 10.1. The van der Waals surface area contributed by atoms with Crippen LogP contribution in [0.1, 0.15) is 31.8 Å². The fourth-order valence-electron chi connectivity index (χ4n) is 3.32. The first-order chi connectivity index (χ1) is 16.3. The molecule has 7 nitrogen and oxygen atoms in total. The fourth-order valence-corrected chi connectivity index (χ4v) is 3.32. The number of methoxy groups -OCH3 is 1. The molecule has 3 aromatic carbocycles. The number of nitrogens with zero attached hydrogens (tertiary/aromatic N) is 1. The summed E-state index contributed by atoms with van der Waals surface area (Å²) in [6.07, 6.45) is 0. The van der Waals surface area contributed by atoms with Gasteiger partial charge in [-0.15, -0.1) is 0 Å². The highest BCUT2D eigenvalue weighted by molar-refractivity contribution is 5.95. The Bertz CT molecular complexity index is 1170. The van der Waals surface area contributed by atoms with Gasteiger partial charge >= 0.3 is 6.61 Å². The van der Waals surface area contributed by atoms with E-state index in [9.17, 15) is 18.4 Å². The minimum absolute atomic E-state index is 0.105. The zero-order chi connectivity index (χ0) is 24.7. The highest BCUT2D eigenvalue weighted by Gasteiger charge is 2.16. The third kappa shape index (κ3) is 6.22. The van der Waals surface area contributed by atoms with Gasteiger partial charge in [-0.1, -0.05) is 30.3 Å². The molecule has 0 aromatic heterocycles. The number of amides is 2. The monoisotopic (exact) mass is 470 g/mol. The Morgan fingerprint density at radius 2 is 1.71 bits per heavy atom. The van der Waals surface area contributed by atoms with E-state index in [1.807, 2.05) is 0 Å². The van der Waals surface area contributed by atoms with Crippen LogP contribution in [-0.2, 0) is 13.2 Å². The molecule has 0 fully saturated rings. The largest absolute Gasteiger partial charge is 0.493 e. The molecule has 0 aliphatic carbocycles. The molecule has 0 spiro atoms. The SMILES string of the molecule is COc1ccc(CN(C)C(=O)c2cccc(COc3ccccc3C(N)=O)c2)cc1OC(F)F. The summed E-state index contributed by atoms with van der Waals surface area (Å²) in [5, 5.41) is 0. The highest BCUT2D eigenvalue weighted by atomic mass is 19.3. The van der Waals surface area contributed by atoms with Crippen molar-refractivity contribution in [1.29, 1.82) is 0 Å². The van der Waals surface area contributed by atoms with Gasteiger partial charge in [-0.05, 0) is 47.5 Å². The van der Waals surface area contributed by atoms with Crippen LogP contribution in [0.3, 0.4) is 0 Å². The Morgan fingerprint density at radius 3 is 2.41 bits per heavy atom. The molecule has 3 aromatic rings. The summed E-state index contributed by atoms with van der Waals surface area (Å²) in [5.41, 5.74) is 7.37. The lowest BCUT2D eigenvalue weighted by Crippen LogP contribution is -2.26. The molecule has 2 N–H and O–H groups in total. The molecule has 0 heterocycles. The molecule has 34 heavy (non-hydrogen) atoms. The van der Waals surface area contributed by atoms with Gasteiger partial charge in [0.25, 0.3) is 11.8 Å². The average Bonchev–Trinajstić information content (AvgIpc) is 2.82. The molecular formula is C25H24F2N2O5. The van der Waals surface area contributed by atoms with E-state index >= 15 is 0 Å². The smallest absolute Gasteiger partial charge is 0.387 e. The fraction of sp³-hybridized carbons (Fsp3) is 0.200. The van der Waals surface area contributed by atoms with E-state index in [4.69, 9.17) is 15.2 Å². The maximum absolute atomic E-state index is 13.0. The normalized spacial score (nSPS) is 10.6. The first-order valence-corrected chi connectivity index (χ1v) is 10.3. The number of carbonyl (C=O) groups is 2. The number of para-hydroxylation sites is 1. The van der Waals surface area contributed by atoms with Gasteiger partial charge in [-0.3, -0.25) is 9.59 Å². The van der Waals surface area contributed by atoms with Crippen LogP contribution in [-0.4, -0.2) is 37.5 Å². The molecule has 178 valence electrons. The maximum Gasteiger partial charge on any atom is 0.387 e. The number of alkyl halides is 2. The Labute approximate surface area is 195 Å². The van der Waals surface area contributed by atoms with Crippen LogP contribution in [0.25, 0.3) is 0 Å². The van der Waals surface area contributed by atoms with Crippen molar-refractivity contribution in [3.63, 3.8) is 0 Å². The molecule has 2 amide bonds. The van der Waals surface area contributed by atoms with Crippen molar-refractivity contribution >= 4 is 11.8 Å². The second-order valence-corrected chi connectivity index (χ2v) is 7.37. The first kappa shape index (κ1) is 24.5. The van der Waals surface area contributed by atoms with Gasteiger partial charge in [0, 0.05) is 19.2 Å². The van der Waals surface area contributed by atoms with Gasteiger partial charge in [-0.2, -0.15) is 8.78 Å². The van der Waals surface area contributed by atoms with Crippen molar-refractivity contribution in [3.05, 3.63) is 89.0 Å². The van der Waals surface area contributed by atoms with Crippen LogP contribution in [0.4, 0.5) is 8.78 Å². The van der Waals surface area contributed by atoms with Crippen molar-refractivity contribution in [3.8, 4) is 17.2 Å². The van der Waals surface area contributed by atoms with Crippen LogP contribution in [0.2, 0.25) is 0 Å².